The van der Waals surface area contributed by atoms with Crippen molar-refractivity contribution < 1.29 is 13.9 Å². The highest BCUT2D eigenvalue weighted by atomic mass is 79.9. The number of benzene rings is 2. The minimum atomic E-state index is -1.20. The van der Waals surface area contributed by atoms with Gasteiger partial charge in [-0.1, -0.05) is 28.1 Å². The summed E-state index contributed by atoms with van der Waals surface area (Å²) in [5, 5.41) is 10.3. The van der Waals surface area contributed by atoms with Crippen molar-refractivity contribution in [3.63, 3.8) is 0 Å². The van der Waals surface area contributed by atoms with Crippen LogP contribution < -0.4 is 5.73 Å². The number of aliphatic hydroxyl groups excluding tert-OH is 1. The van der Waals surface area contributed by atoms with E-state index in [-0.39, 0.29) is 12.1 Å². The number of nitrogens with two attached hydrogens (primary N) is 1. The molecule has 106 valence electrons. The standard InChI is InChI=1S/C15H14BrF2NO/c16-10-3-1-2-9(6-10)13(8-19)15(20)12-7-11(17)4-5-14(12)18/h1-7,13,15,20H,8,19H2. The largest absolute Gasteiger partial charge is 0.388 e. The first-order valence-corrected chi connectivity index (χ1v) is 6.90. The van der Waals surface area contributed by atoms with Gasteiger partial charge in [0.25, 0.3) is 0 Å². The molecular formula is C15H14BrF2NO. The van der Waals surface area contributed by atoms with E-state index in [2.05, 4.69) is 15.9 Å². The summed E-state index contributed by atoms with van der Waals surface area (Å²) >= 11 is 3.33. The molecule has 0 aliphatic rings. The van der Waals surface area contributed by atoms with Crippen molar-refractivity contribution in [2.24, 2.45) is 5.73 Å². The fraction of sp³-hybridized carbons (Fsp3) is 0.200. The molecule has 5 heteroatoms. The number of aliphatic hydroxyl groups is 1. The lowest BCUT2D eigenvalue weighted by atomic mass is 9.89. The van der Waals surface area contributed by atoms with Crippen LogP contribution in [0.3, 0.4) is 0 Å². The van der Waals surface area contributed by atoms with Crippen LogP contribution in [0.4, 0.5) is 8.78 Å². The normalized spacial score (nSPS) is 14.1. The summed E-state index contributed by atoms with van der Waals surface area (Å²) in [6, 6.07) is 10.3. The molecule has 0 amide bonds. The van der Waals surface area contributed by atoms with Crippen LogP contribution >= 0.6 is 15.9 Å². The quantitative estimate of drug-likeness (QED) is 0.893. The summed E-state index contributed by atoms with van der Waals surface area (Å²) in [5.41, 5.74) is 6.37. The highest BCUT2D eigenvalue weighted by Crippen LogP contribution is 2.32. The Hall–Kier alpha value is -1.30. The van der Waals surface area contributed by atoms with Crippen molar-refractivity contribution in [2.45, 2.75) is 12.0 Å². The highest BCUT2D eigenvalue weighted by Gasteiger charge is 2.24. The van der Waals surface area contributed by atoms with Crippen LogP contribution in [0.15, 0.2) is 46.9 Å². The molecule has 0 saturated heterocycles. The van der Waals surface area contributed by atoms with E-state index in [1.807, 2.05) is 6.07 Å². The van der Waals surface area contributed by atoms with Gasteiger partial charge >= 0.3 is 0 Å². The first kappa shape index (κ1) is 15.1. The molecular weight excluding hydrogens is 328 g/mol. The SMILES string of the molecule is NCC(c1cccc(Br)c1)C(O)c1cc(F)ccc1F. The molecule has 2 aromatic rings. The second kappa shape index (κ2) is 6.43. The average Bonchev–Trinajstić information content (AvgIpc) is 2.42. The van der Waals surface area contributed by atoms with Gasteiger partial charge in [0.05, 0.1) is 6.10 Å². The van der Waals surface area contributed by atoms with E-state index < -0.39 is 23.7 Å². The van der Waals surface area contributed by atoms with Crippen LogP contribution in [-0.4, -0.2) is 11.7 Å². The number of hydrogen-bond acceptors (Lipinski definition) is 2. The summed E-state index contributed by atoms with van der Waals surface area (Å²) in [6.45, 7) is 0.119. The Kier molecular flexibility index (Phi) is 4.86. The Morgan fingerprint density at radius 1 is 1.15 bits per heavy atom. The third-order valence-electron chi connectivity index (χ3n) is 3.19. The topological polar surface area (TPSA) is 46.2 Å². The predicted octanol–water partition coefficient (Wildman–Crippen LogP) is 3.50. The molecule has 2 atom stereocenters. The van der Waals surface area contributed by atoms with Crippen molar-refractivity contribution in [1.82, 2.24) is 0 Å². The second-order valence-corrected chi connectivity index (χ2v) is 5.42. The summed E-state index contributed by atoms with van der Waals surface area (Å²) in [6.07, 6.45) is -1.20. The smallest absolute Gasteiger partial charge is 0.129 e. The summed E-state index contributed by atoms with van der Waals surface area (Å²) in [7, 11) is 0. The summed E-state index contributed by atoms with van der Waals surface area (Å²) in [4.78, 5) is 0. The Labute approximate surface area is 124 Å². The zero-order valence-corrected chi connectivity index (χ0v) is 12.1. The minimum absolute atomic E-state index is 0.0829. The molecule has 2 rings (SSSR count). The minimum Gasteiger partial charge on any atom is -0.388 e. The molecule has 0 radical (unpaired) electrons. The van der Waals surface area contributed by atoms with Gasteiger partial charge in [-0.3, -0.25) is 0 Å². The van der Waals surface area contributed by atoms with Crippen molar-refractivity contribution in [3.8, 4) is 0 Å². The van der Waals surface area contributed by atoms with Gasteiger partial charge in [-0.05, 0) is 35.9 Å². The molecule has 2 aromatic carbocycles. The fourth-order valence-corrected chi connectivity index (χ4v) is 2.56. The Morgan fingerprint density at radius 3 is 2.55 bits per heavy atom. The zero-order chi connectivity index (χ0) is 14.7. The molecule has 0 heterocycles. The highest BCUT2D eigenvalue weighted by molar-refractivity contribution is 9.10. The maximum atomic E-state index is 13.7. The van der Waals surface area contributed by atoms with Crippen LogP contribution in [0.2, 0.25) is 0 Å². The molecule has 20 heavy (non-hydrogen) atoms. The van der Waals surface area contributed by atoms with E-state index in [4.69, 9.17) is 5.73 Å². The van der Waals surface area contributed by atoms with E-state index in [1.165, 1.54) is 0 Å². The predicted molar refractivity (Wildman–Crippen MR) is 77.3 cm³/mol. The van der Waals surface area contributed by atoms with E-state index >= 15 is 0 Å². The lowest BCUT2D eigenvalue weighted by Gasteiger charge is -2.23. The maximum absolute atomic E-state index is 13.7. The van der Waals surface area contributed by atoms with E-state index in [1.54, 1.807) is 18.2 Å². The number of halogens is 3. The number of hydrogen-bond donors (Lipinski definition) is 2. The zero-order valence-electron chi connectivity index (χ0n) is 10.6. The van der Waals surface area contributed by atoms with Gasteiger partial charge in [-0.15, -0.1) is 0 Å². The lowest BCUT2D eigenvalue weighted by Crippen LogP contribution is -2.21. The Balaban J connectivity index is 2.38. The third kappa shape index (κ3) is 3.23. The maximum Gasteiger partial charge on any atom is 0.129 e. The average molecular weight is 342 g/mol. The molecule has 0 aromatic heterocycles. The first-order valence-electron chi connectivity index (χ1n) is 6.11. The van der Waals surface area contributed by atoms with E-state index in [0.29, 0.717) is 0 Å². The van der Waals surface area contributed by atoms with Crippen LogP contribution in [0.1, 0.15) is 23.1 Å². The summed E-state index contributed by atoms with van der Waals surface area (Å²) < 4.78 is 27.8. The van der Waals surface area contributed by atoms with Crippen molar-refractivity contribution in [3.05, 3.63) is 69.7 Å². The van der Waals surface area contributed by atoms with Gasteiger partial charge in [0, 0.05) is 22.5 Å². The third-order valence-corrected chi connectivity index (χ3v) is 3.68. The van der Waals surface area contributed by atoms with E-state index in [9.17, 15) is 13.9 Å². The molecule has 2 nitrogen and oxygen atoms in total. The molecule has 0 aliphatic carbocycles. The van der Waals surface area contributed by atoms with Crippen LogP contribution in [-0.2, 0) is 0 Å². The van der Waals surface area contributed by atoms with Crippen molar-refractivity contribution in [1.29, 1.82) is 0 Å². The van der Waals surface area contributed by atoms with Gasteiger partial charge in [0.2, 0.25) is 0 Å². The molecule has 0 bridgehead atoms. The van der Waals surface area contributed by atoms with Gasteiger partial charge in [-0.2, -0.15) is 0 Å². The molecule has 0 aliphatic heterocycles. The van der Waals surface area contributed by atoms with Crippen molar-refractivity contribution >= 4 is 15.9 Å². The molecule has 2 unspecified atom stereocenters. The molecule has 0 fully saturated rings. The van der Waals surface area contributed by atoms with Gasteiger partial charge in [0.15, 0.2) is 0 Å². The van der Waals surface area contributed by atoms with Crippen LogP contribution in [0, 0.1) is 11.6 Å². The molecule has 0 spiro atoms. The monoisotopic (exact) mass is 341 g/mol. The molecule has 0 saturated carbocycles. The molecule has 3 N–H and O–H groups in total. The van der Waals surface area contributed by atoms with Gasteiger partial charge in [0.1, 0.15) is 11.6 Å². The first-order chi connectivity index (χ1) is 9.52. The van der Waals surface area contributed by atoms with E-state index in [0.717, 1.165) is 28.2 Å². The second-order valence-electron chi connectivity index (χ2n) is 4.51. The Bertz CT molecular complexity index is 606. The summed E-state index contributed by atoms with van der Waals surface area (Å²) in [5.74, 6) is -1.75. The van der Waals surface area contributed by atoms with Crippen LogP contribution in [0.5, 0.6) is 0 Å². The fourth-order valence-electron chi connectivity index (χ4n) is 2.14. The Morgan fingerprint density at radius 2 is 1.90 bits per heavy atom. The lowest BCUT2D eigenvalue weighted by molar-refractivity contribution is 0.142. The number of rotatable bonds is 4. The van der Waals surface area contributed by atoms with Crippen molar-refractivity contribution in [2.75, 3.05) is 6.54 Å². The van der Waals surface area contributed by atoms with Crippen LogP contribution in [0.25, 0.3) is 0 Å². The van der Waals surface area contributed by atoms with Gasteiger partial charge < -0.3 is 10.8 Å². The van der Waals surface area contributed by atoms with Gasteiger partial charge in [-0.25, -0.2) is 8.78 Å².